The summed E-state index contributed by atoms with van der Waals surface area (Å²) in [6, 6.07) is 8.23. The summed E-state index contributed by atoms with van der Waals surface area (Å²) in [6.45, 7) is 1.53. The van der Waals surface area contributed by atoms with Crippen LogP contribution in [-0.4, -0.2) is 36.1 Å². The first-order valence-corrected chi connectivity index (χ1v) is 8.09. The molecule has 2 aromatic rings. The molecule has 0 fully saturated rings. The quantitative estimate of drug-likeness (QED) is 0.563. The number of benzene rings is 2. The van der Waals surface area contributed by atoms with Crippen molar-refractivity contribution >= 4 is 46.6 Å². The van der Waals surface area contributed by atoms with Crippen LogP contribution >= 0.6 is 11.6 Å². The normalized spacial score (nSPS) is 12.2. The van der Waals surface area contributed by atoms with E-state index in [0.29, 0.717) is 5.56 Å². The van der Waals surface area contributed by atoms with Crippen LogP contribution in [0.2, 0.25) is 5.02 Å². The molecule has 0 spiro atoms. The summed E-state index contributed by atoms with van der Waals surface area (Å²) in [4.78, 5) is 35.3. The Morgan fingerprint density at radius 3 is 2.46 bits per heavy atom. The predicted octanol–water partition coefficient (Wildman–Crippen LogP) is 2.84. The Morgan fingerprint density at radius 1 is 1.00 bits per heavy atom. The zero-order valence-corrected chi connectivity index (χ0v) is 14.2. The van der Waals surface area contributed by atoms with Crippen molar-refractivity contribution in [1.82, 2.24) is 5.32 Å². The van der Waals surface area contributed by atoms with Gasteiger partial charge in [-0.05, 0) is 36.4 Å². The highest BCUT2D eigenvalue weighted by molar-refractivity contribution is 6.33. The van der Waals surface area contributed by atoms with Gasteiger partial charge in [0.25, 0.3) is 5.91 Å². The van der Waals surface area contributed by atoms with E-state index in [0.717, 1.165) is 24.5 Å². The van der Waals surface area contributed by atoms with Gasteiger partial charge in [-0.2, -0.15) is 0 Å². The van der Waals surface area contributed by atoms with Gasteiger partial charge in [0.1, 0.15) is 0 Å². The van der Waals surface area contributed by atoms with E-state index in [4.69, 9.17) is 16.7 Å². The largest absolute Gasteiger partial charge is 0.478 e. The third kappa shape index (κ3) is 3.86. The van der Waals surface area contributed by atoms with Gasteiger partial charge in [0.05, 0.1) is 22.0 Å². The zero-order chi connectivity index (χ0) is 18.7. The Bertz CT molecular complexity index is 900. The Balaban J connectivity index is 1.67. The first kappa shape index (κ1) is 17.6. The molecule has 3 amide bonds. The average molecular weight is 375 g/mol. The van der Waals surface area contributed by atoms with Gasteiger partial charge in [0.2, 0.25) is 0 Å². The monoisotopic (exact) mass is 374 g/mol. The van der Waals surface area contributed by atoms with E-state index in [1.807, 2.05) is 0 Å². The molecule has 0 unspecified atom stereocenters. The van der Waals surface area contributed by atoms with Gasteiger partial charge in [-0.25, -0.2) is 9.59 Å². The van der Waals surface area contributed by atoms with E-state index in [9.17, 15) is 14.4 Å². The standard InChI is InChI=1S/C17H15ClN4O4/c18-12-3-2-10(8-11(12)16(24)25)21-17(26)22-15(23)9-1-4-13-14(7-9)20-6-5-19-13/h1-4,7-8,19-20H,5-6H2,(H,24,25)(H2,21,22,23,26). The zero-order valence-electron chi connectivity index (χ0n) is 13.4. The number of aromatic carboxylic acids is 1. The predicted molar refractivity (Wildman–Crippen MR) is 98.3 cm³/mol. The molecule has 134 valence electrons. The Kier molecular flexibility index (Phi) is 4.94. The van der Waals surface area contributed by atoms with Gasteiger partial charge in [0.15, 0.2) is 0 Å². The fourth-order valence-electron chi connectivity index (χ4n) is 2.48. The van der Waals surface area contributed by atoms with Crippen LogP contribution in [0.3, 0.4) is 0 Å². The Morgan fingerprint density at radius 2 is 1.73 bits per heavy atom. The highest BCUT2D eigenvalue weighted by Gasteiger charge is 2.15. The molecule has 1 aliphatic heterocycles. The summed E-state index contributed by atoms with van der Waals surface area (Å²) in [6.07, 6.45) is 0. The van der Waals surface area contributed by atoms with Crippen molar-refractivity contribution in [2.24, 2.45) is 0 Å². The molecule has 0 saturated heterocycles. The number of rotatable bonds is 3. The summed E-state index contributed by atoms with van der Waals surface area (Å²) < 4.78 is 0. The van der Waals surface area contributed by atoms with Gasteiger partial charge < -0.3 is 21.1 Å². The van der Waals surface area contributed by atoms with Crippen LogP contribution in [0, 0.1) is 0 Å². The molecule has 1 heterocycles. The van der Waals surface area contributed by atoms with Crippen LogP contribution in [0.1, 0.15) is 20.7 Å². The second-order valence-corrected chi connectivity index (χ2v) is 5.93. The number of imide groups is 1. The van der Waals surface area contributed by atoms with E-state index in [1.54, 1.807) is 18.2 Å². The van der Waals surface area contributed by atoms with Crippen molar-refractivity contribution in [3.63, 3.8) is 0 Å². The molecule has 26 heavy (non-hydrogen) atoms. The van der Waals surface area contributed by atoms with Crippen molar-refractivity contribution in [1.29, 1.82) is 0 Å². The van der Waals surface area contributed by atoms with Crippen molar-refractivity contribution in [3.8, 4) is 0 Å². The number of fused-ring (bicyclic) bond motifs is 1. The number of carboxylic acids is 1. The Labute approximate surface area is 153 Å². The number of amides is 3. The number of carbonyl (C=O) groups is 3. The highest BCUT2D eigenvalue weighted by Crippen LogP contribution is 2.25. The summed E-state index contributed by atoms with van der Waals surface area (Å²) in [5.74, 6) is -1.80. The van der Waals surface area contributed by atoms with Crippen LogP contribution in [0.4, 0.5) is 21.9 Å². The molecule has 0 aliphatic carbocycles. The minimum atomic E-state index is -1.22. The van der Waals surface area contributed by atoms with E-state index in [1.165, 1.54) is 18.2 Å². The molecule has 1 aliphatic rings. The summed E-state index contributed by atoms with van der Waals surface area (Å²) in [5, 5.41) is 20.0. The number of hydrogen-bond donors (Lipinski definition) is 5. The third-order valence-corrected chi connectivity index (χ3v) is 4.05. The second-order valence-electron chi connectivity index (χ2n) is 5.52. The van der Waals surface area contributed by atoms with Gasteiger partial charge in [-0.1, -0.05) is 11.6 Å². The first-order valence-electron chi connectivity index (χ1n) is 7.71. The maximum Gasteiger partial charge on any atom is 0.337 e. The van der Waals surface area contributed by atoms with Crippen molar-refractivity contribution < 1.29 is 19.5 Å². The topological polar surface area (TPSA) is 120 Å². The smallest absolute Gasteiger partial charge is 0.337 e. The van der Waals surface area contributed by atoms with Crippen LogP contribution in [0.15, 0.2) is 36.4 Å². The lowest BCUT2D eigenvalue weighted by Crippen LogP contribution is -2.34. The van der Waals surface area contributed by atoms with Crippen LogP contribution in [-0.2, 0) is 0 Å². The van der Waals surface area contributed by atoms with Crippen LogP contribution in [0.25, 0.3) is 0 Å². The summed E-state index contributed by atoms with van der Waals surface area (Å²) in [7, 11) is 0. The fraction of sp³-hybridized carbons (Fsp3) is 0.118. The lowest BCUT2D eigenvalue weighted by molar-refractivity contribution is 0.0696. The molecule has 0 radical (unpaired) electrons. The average Bonchev–Trinajstić information content (AvgIpc) is 2.62. The molecular weight excluding hydrogens is 360 g/mol. The summed E-state index contributed by atoms with van der Waals surface area (Å²) >= 11 is 5.78. The maximum absolute atomic E-state index is 12.2. The van der Waals surface area contributed by atoms with Crippen molar-refractivity contribution in [2.75, 3.05) is 29.0 Å². The number of halogens is 1. The highest BCUT2D eigenvalue weighted by atomic mass is 35.5. The van der Waals surface area contributed by atoms with E-state index in [-0.39, 0.29) is 16.3 Å². The Hall–Kier alpha value is -3.26. The number of anilines is 3. The molecule has 9 heteroatoms. The minimum Gasteiger partial charge on any atom is -0.478 e. The molecule has 0 saturated carbocycles. The van der Waals surface area contributed by atoms with E-state index in [2.05, 4.69) is 21.3 Å². The molecule has 2 aromatic carbocycles. The SMILES string of the molecule is O=C(NC(=O)c1ccc2c(c1)NCCN2)Nc1ccc(Cl)c(C(=O)O)c1. The fourth-order valence-corrected chi connectivity index (χ4v) is 2.68. The third-order valence-electron chi connectivity index (χ3n) is 3.72. The van der Waals surface area contributed by atoms with Crippen LogP contribution < -0.4 is 21.3 Å². The van der Waals surface area contributed by atoms with Gasteiger partial charge in [-0.15, -0.1) is 0 Å². The number of nitrogens with one attached hydrogen (secondary N) is 4. The lowest BCUT2D eigenvalue weighted by atomic mass is 10.1. The number of carboxylic acid groups (broad SMARTS) is 1. The van der Waals surface area contributed by atoms with Crippen molar-refractivity contribution in [3.05, 3.63) is 52.5 Å². The molecule has 0 bridgehead atoms. The van der Waals surface area contributed by atoms with Gasteiger partial charge in [0, 0.05) is 24.3 Å². The first-order chi connectivity index (χ1) is 12.4. The maximum atomic E-state index is 12.2. The second kappa shape index (κ2) is 7.32. The molecule has 8 nitrogen and oxygen atoms in total. The van der Waals surface area contributed by atoms with Gasteiger partial charge >= 0.3 is 12.0 Å². The number of hydrogen-bond acceptors (Lipinski definition) is 5. The summed E-state index contributed by atoms with van der Waals surface area (Å²) in [5.41, 5.74) is 2.04. The molecular formula is C17H15ClN4O4. The number of carbonyl (C=O) groups excluding carboxylic acids is 2. The van der Waals surface area contributed by atoms with E-state index < -0.39 is 17.9 Å². The van der Waals surface area contributed by atoms with Gasteiger partial charge in [-0.3, -0.25) is 10.1 Å². The van der Waals surface area contributed by atoms with Crippen molar-refractivity contribution in [2.45, 2.75) is 0 Å². The van der Waals surface area contributed by atoms with E-state index >= 15 is 0 Å². The lowest BCUT2D eigenvalue weighted by Gasteiger charge is -2.20. The number of urea groups is 1. The van der Waals surface area contributed by atoms with Crippen LogP contribution in [0.5, 0.6) is 0 Å². The molecule has 0 aromatic heterocycles. The molecule has 5 N–H and O–H groups in total. The minimum absolute atomic E-state index is 0.0507. The molecule has 3 rings (SSSR count). The molecule has 0 atom stereocenters.